The number of carbonyl (C=O) groups is 2. The summed E-state index contributed by atoms with van der Waals surface area (Å²) < 4.78 is 0. The van der Waals surface area contributed by atoms with Gasteiger partial charge in [-0.05, 0) is 37.0 Å². The maximum atomic E-state index is 12.1. The van der Waals surface area contributed by atoms with Crippen LogP contribution in [0.4, 0.5) is 0 Å². The van der Waals surface area contributed by atoms with Crippen molar-refractivity contribution in [3.05, 3.63) is 47.5 Å². The third kappa shape index (κ3) is 5.71. The molecule has 1 amide bonds. The van der Waals surface area contributed by atoms with Crippen LogP contribution in [0.5, 0.6) is 0 Å². The molecular formula is C20H27NO4. The van der Waals surface area contributed by atoms with E-state index in [1.165, 1.54) is 0 Å². The van der Waals surface area contributed by atoms with Gasteiger partial charge in [-0.25, -0.2) is 4.79 Å². The number of likely N-dealkylation sites (tertiary alicyclic amines) is 1. The Hall–Kier alpha value is -2.14. The van der Waals surface area contributed by atoms with Gasteiger partial charge in [-0.2, -0.15) is 0 Å². The summed E-state index contributed by atoms with van der Waals surface area (Å²) in [5.74, 6) is -0.798. The number of benzene rings is 1. The third-order valence-electron chi connectivity index (χ3n) is 4.63. The fourth-order valence-electron chi connectivity index (χ4n) is 3.08. The molecule has 0 aromatic heterocycles. The minimum Gasteiger partial charge on any atom is -0.478 e. The van der Waals surface area contributed by atoms with Crippen LogP contribution in [-0.4, -0.2) is 45.7 Å². The van der Waals surface area contributed by atoms with Crippen LogP contribution in [0.1, 0.15) is 54.9 Å². The molecule has 5 nitrogen and oxygen atoms in total. The number of hydrogen-bond acceptors (Lipinski definition) is 3. The number of carboxylic acids is 1. The Balaban J connectivity index is 1.90. The normalized spacial score (nSPS) is 18.9. The van der Waals surface area contributed by atoms with E-state index < -0.39 is 12.1 Å². The molecule has 5 heteroatoms. The molecule has 1 saturated heterocycles. The largest absolute Gasteiger partial charge is 0.478 e. The average Bonchev–Trinajstić information content (AvgIpc) is 2.96. The summed E-state index contributed by atoms with van der Waals surface area (Å²) in [7, 11) is 0. The molecule has 1 heterocycles. The van der Waals surface area contributed by atoms with E-state index in [4.69, 9.17) is 5.11 Å². The molecule has 0 radical (unpaired) electrons. The third-order valence-corrected chi connectivity index (χ3v) is 4.63. The van der Waals surface area contributed by atoms with Gasteiger partial charge in [0.25, 0.3) is 0 Å². The lowest BCUT2D eigenvalue weighted by molar-refractivity contribution is -0.128. The summed E-state index contributed by atoms with van der Waals surface area (Å²) in [6.07, 6.45) is 8.14. The van der Waals surface area contributed by atoms with Crippen molar-refractivity contribution in [3.8, 4) is 0 Å². The van der Waals surface area contributed by atoms with E-state index in [-0.39, 0.29) is 17.5 Å². The Bertz CT molecular complexity index is 609. The molecule has 1 fully saturated rings. The first-order valence-corrected chi connectivity index (χ1v) is 8.99. The second-order valence-electron chi connectivity index (χ2n) is 6.54. The molecule has 2 atom stereocenters. The lowest BCUT2D eigenvalue weighted by atomic mass is 10.1. The lowest BCUT2D eigenvalue weighted by Gasteiger charge is -2.22. The Morgan fingerprint density at radius 3 is 2.72 bits per heavy atom. The number of aromatic carboxylic acids is 1. The van der Waals surface area contributed by atoms with Crippen molar-refractivity contribution >= 4 is 11.9 Å². The fourth-order valence-corrected chi connectivity index (χ4v) is 3.08. The summed E-state index contributed by atoms with van der Waals surface area (Å²) >= 11 is 0. The standard InChI is InChI=1S/C20H27NO4/c1-2-3-4-18(22)11-9-17-10-12-19(23)21(17)14-13-15-5-7-16(8-6-15)20(24)25/h5-9,11,17-18,22H,2-4,10,12-14H2,1H3,(H,24,25). The minimum absolute atomic E-state index is 0.0436. The van der Waals surface area contributed by atoms with Crippen molar-refractivity contribution in [3.63, 3.8) is 0 Å². The van der Waals surface area contributed by atoms with Crippen LogP contribution in [0.3, 0.4) is 0 Å². The number of carbonyl (C=O) groups excluding carboxylic acids is 1. The van der Waals surface area contributed by atoms with Gasteiger partial charge in [-0.15, -0.1) is 0 Å². The van der Waals surface area contributed by atoms with Crippen LogP contribution < -0.4 is 0 Å². The summed E-state index contributed by atoms with van der Waals surface area (Å²) in [5, 5.41) is 18.9. The highest BCUT2D eigenvalue weighted by Crippen LogP contribution is 2.21. The van der Waals surface area contributed by atoms with E-state index in [2.05, 4.69) is 6.92 Å². The summed E-state index contributed by atoms with van der Waals surface area (Å²) in [6, 6.07) is 6.81. The number of aliphatic hydroxyl groups is 1. The maximum Gasteiger partial charge on any atom is 0.335 e. The summed E-state index contributed by atoms with van der Waals surface area (Å²) in [6.45, 7) is 2.70. The van der Waals surface area contributed by atoms with Crippen LogP contribution in [0.15, 0.2) is 36.4 Å². The first kappa shape index (κ1) is 19.2. The van der Waals surface area contributed by atoms with Crippen molar-refractivity contribution in [1.29, 1.82) is 0 Å². The number of amides is 1. The molecule has 2 unspecified atom stereocenters. The lowest BCUT2D eigenvalue weighted by Crippen LogP contribution is -2.33. The van der Waals surface area contributed by atoms with Gasteiger partial charge in [-0.1, -0.05) is 44.1 Å². The van der Waals surface area contributed by atoms with E-state index in [9.17, 15) is 14.7 Å². The highest BCUT2D eigenvalue weighted by atomic mass is 16.4. The molecule has 1 aliphatic heterocycles. The monoisotopic (exact) mass is 345 g/mol. The molecule has 0 bridgehead atoms. The molecule has 1 aromatic carbocycles. The first-order chi connectivity index (χ1) is 12.0. The molecular weight excluding hydrogens is 318 g/mol. The van der Waals surface area contributed by atoms with Crippen LogP contribution >= 0.6 is 0 Å². The van der Waals surface area contributed by atoms with E-state index >= 15 is 0 Å². The molecule has 0 aliphatic carbocycles. The molecule has 0 saturated carbocycles. The topological polar surface area (TPSA) is 77.8 Å². The SMILES string of the molecule is CCCCC(O)C=CC1CCC(=O)N1CCc1ccc(C(=O)O)cc1. The number of rotatable bonds is 9. The van der Waals surface area contributed by atoms with Gasteiger partial charge in [0.1, 0.15) is 0 Å². The second kappa shape index (κ2) is 9.37. The Morgan fingerprint density at radius 2 is 2.08 bits per heavy atom. The number of unbranched alkanes of at least 4 members (excludes halogenated alkanes) is 1. The van der Waals surface area contributed by atoms with Gasteiger partial charge < -0.3 is 15.1 Å². The molecule has 2 N–H and O–H groups in total. The number of hydrogen-bond donors (Lipinski definition) is 2. The molecule has 136 valence electrons. The van der Waals surface area contributed by atoms with E-state index in [0.717, 1.165) is 31.2 Å². The second-order valence-corrected chi connectivity index (χ2v) is 6.54. The van der Waals surface area contributed by atoms with Gasteiger partial charge >= 0.3 is 5.97 Å². The molecule has 0 spiro atoms. The highest BCUT2D eigenvalue weighted by Gasteiger charge is 2.28. The van der Waals surface area contributed by atoms with Crippen molar-refractivity contribution in [2.75, 3.05) is 6.54 Å². The number of nitrogens with zero attached hydrogens (tertiary/aromatic N) is 1. The van der Waals surface area contributed by atoms with E-state index in [0.29, 0.717) is 19.4 Å². The molecule has 1 aliphatic rings. The summed E-state index contributed by atoms with van der Waals surface area (Å²) in [5.41, 5.74) is 1.28. The fraction of sp³-hybridized carbons (Fsp3) is 0.500. The predicted octanol–water partition coefficient (Wildman–Crippen LogP) is 3.03. The smallest absolute Gasteiger partial charge is 0.335 e. The van der Waals surface area contributed by atoms with Crippen molar-refractivity contribution in [1.82, 2.24) is 4.90 Å². The van der Waals surface area contributed by atoms with Gasteiger partial charge in [0.2, 0.25) is 5.91 Å². The van der Waals surface area contributed by atoms with Crippen LogP contribution in [0.2, 0.25) is 0 Å². The van der Waals surface area contributed by atoms with E-state index in [1.54, 1.807) is 24.3 Å². The summed E-state index contributed by atoms with van der Waals surface area (Å²) in [4.78, 5) is 24.9. The maximum absolute atomic E-state index is 12.1. The van der Waals surface area contributed by atoms with E-state index in [1.807, 2.05) is 17.1 Å². The molecule has 2 rings (SSSR count). The Morgan fingerprint density at radius 1 is 1.36 bits per heavy atom. The van der Waals surface area contributed by atoms with Gasteiger partial charge in [0, 0.05) is 13.0 Å². The number of aliphatic hydroxyl groups excluding tert-OH is 1. The van der Waals surface area contributed by atoms with Crippen LogP contribution in [-0.2, 0) is 11.2 Å². The van der Waals surface area contributed by atoms with Crippen molar-refractivity contribution in [2.24, 2.45) is 0 Å². The van der Waals surface area contributed by atoms with Gasteiger partial charge in [0.15, 0.2) is 0 Å². The van der Waals surface area contributed by atoms with Gasteiger partial charge in [0.05, 0.1) is 17.7 Å². The van der Waals surface area contributed by atoms with Crippen LogP contribution in [0.25, 0.3) is 0 Å². The highest BCUT2D eigenvalue weighted by molar-refractivity contribution is 5.87. The first-order valence-electron chi connectivity index (χ1n) is 8.99. The quantitative estimate of drug-likeness (QED) is 0.675. The zero-order chi connectivity index (χ0) is 18.2. The predicted molar refractivity (Wildman–Crippen MR) is 96.5 cm³/mol. The van der Waals surface area contributed by atoms with Crippen molar-refractivity contribution in [2.45, 2.75) is 57.6 Å². The average molecular weight is 345 g/mol. The number of carboxylic acid groups (broad SMARTS) is 1. The zero-order valence-electron chi connectivity index (χ0n) is 14.7. The van der Waals surface area contributed by atoms with Crippen LogP contribution in [0, 0.1) is 0 Å². The molecule has 1 aromatic rings. The molecule has 25 heavy (non-hydrogen) atoms. The Labute approximate surface area is 149 Å². The zero-order valence-corrected chi connectivity index (χ0v) is 14.7. The Kier molecular flexibility index (Phi) is 7.19. The minimum atomic E-state index is -0.937. The van der Waals surface area contributed by atoms with Gasteiger partial charge in [-0.3, -0.25) is 4.79 Å². The van der Waals surface area contributed by atoms with Crippen molar-refractivity contribution < 1.29 is 19.8 Å².